The topological polar surface area (TPSA) is 63.6 Å². The molecule has 1 unspecified atom stereocenters. The van der Waals surface area contributed by atoms with Gasteiger partial charge in [0.25, 0.3) is 0 Å². The van der Waals surface area contributed by atoms with Crippen LogP contribution in [0.5, 0.6) is 6.01 Å². The zero-order chi connectivity index (χ0) is 29.1. The second kappa shape index (κ2) is 10.4. The van der Waals surface area contributed by atoms with Crippen LogP contribution >= 0.6 is 0 Å². The summed E-state index contributed by atoms with van der Waals surface area (Å²) in [5.74, 6) is 2.02. The number of terminal acetylenes is 1. The Morgan fingerprint density at radius 3 is 2.72 bits per heavy atom. The van der Waals surface area contributed by atoms with Crippen molar-refractivity contribution in [2.75, 3.05) is 44.4 Å². The lowest BCUT2D eigenvalue weighted by Crippen LogP contribution is -2.43. The molecule has 1 atom stereocenters. The summed E-state index contributed by atoms with van der Waals surface area (Å²) in [5.41, 5.74) is 1.53. The molecule has 9 heteroatoms. The number of rotatable bonds is 4. The van der Waals surface area contributed by atoms with Crippen LogP contribution < -0.4 is 9.64 Å². The standard InChI is InChI=1S/C34H33F2N5O2/c1-2-23-25(35)11-9-21-7-3-8-24(27(21)23)30-29(36)31-28-26(37-30)12-10-22-19-42-18-6-17-41(22)32(28)39-33(38-31)43-20-34-13-4-15-40(34)16-5-14-34/h1,3,7-9,11,22H,4-6,10,12-20H2. The van der Waals surface area contributed by atoms with Gasteiger partial charge in [-0.15, -0.1) is 6.42 Å². The Hall–Kier alpha value is -3.87. The van der Waals surface area contributed by atoms with Crippen molar-refractivity contribution in [2.24, 2.45) is 0 Å². The highest BCUT2D eigenvalue weighted by atomic mass is 19.1. The Kier molecular flexibility index (Phi) is 6.46. The van der Waals surface area contributed by atoms with Gasteiger partial charge in [-0.2, -0.15) is 9.97 Å². The molecular weight excluding hydrogens is 548 g/mol. The normalized spacial score (nSPS) is 21.3. The fraction of sp³-hybridized carbons (Fsp3) is 0.441. The number of anilines is 1. The number of halogens is 2. The quantitative estimate of drug-likeness (QED) is 0.289. The largest absolute Gasteiger partial charge is 0.461 e. The van der Waals surface area contributed by atoms with Gasteiger partial charge in [0.1, 0.15) is 29.5 Å². The van der Waals surface area contributed by atoms with Crippen LogP contribution in [0.2, 0.25) is 0 Å². The van der Waals surface area contributed by atoms with Gasteiger partial charge in [-0.1, -0.05) is 30.2 Å². The molecule has 0 spiro atoms. The SMILES string of the molecule is C#Cc1c(F)ccc2cccc(-c3nc4c5c(nc(OCC67CCCN6CCC7)nc5c3F)N3CCCOCC3CC4)c12. The minimum Gasteiger partial charge on any atom is -0.461 e. The summed E-state index contributed by atoms with van der Waals surface area (Å²) < 4.78 is 44.1. The van der Waals surface area contributed by atoms with Crippen molar-refractivity contribution < 1.29 is 18.3 Å². The number of aryl methyl sites for hydroxylation is 1. The lowest BCUT2D eigenvalue weighted by Gasteiger charge is -2.32. The van der Waals surface area contributed by atoms with Gasteiger partial charge < -0.3 is 14.4 Å². The van der Waals surface area contributed by atoms with Gasteiger partial charge in [0, 0.05) is 24.1 Å². The number of aromatic nitrogens is 3. The van der Waals surface area contributed by atoms with E-state index in [0.29, 0.717) is 59.5 Å². The summed E-state index contributed by atoms with van der Waals surface area (Å²) in [4.78, 5) is 19.4. The second-order valence-corrected chi connectivity index (χ2v) is 12.3. The molecule has 4 aromatic rings. The smallest absolute Gasteiger partial charge is 0.319 e. The predicted molar refractivity (Wildman–Crippen MR) is 161 cm³/mol. The van der Waals surface area contributed by atoms with Crippen molar-refractivity contribution in [1.82, 2.24) is 19.9 Å². The van der Waals surface area contributed by atoms with Gasteiger partial charge in [-0.3, -0.25) is 4.90 Å². The maximum Gasteiger partial charge on any atom is 0.319 e. The van der Waals surface area contributed by atoms with Crippen molar-refractivity contribution in [2.45, 2.75) is 56.5 Å². The molecule has 0 amide bonds. The number of hydrogen-bond donors (Lipinski definition) is 0. The maximum atomic E-state index is 16.9. The van der Waals surface area contributed by atoms with E-state index >= 15 is 4.39 Å². The monoisotopic (exact) mass is 581 g/mol. The molecule has 4 aliphatic heterocycles. The van der Waals surface area contributed by atoms with Crippen molar-refractivity contribution in [1.29, 1.82) is 0 Å². The Balaban J connectivity index is 1.33. The van der Waals surface area contributed by atoms with Gasteiger partial charge in [0.05, 0.1) is 34.8 Å². The number of ether oxygens (including phenoxy) is 2. The average Bonchev–Trinajstić information content (AvgIpc) is 3.46. The first-order valence-corrected chi connectivity index (χ1v) is 15.4. The number of fused-ring (bicyclic) bond motifs is 4. The van der Waals surface area contributed by atoms with E-state index in [1.165, 1.54) is 6.07 Å². The van der Waals surface area contributed by atoms with E-state index in [2.05, 4.69) is 15.7 Å². The highest BCUT2D eigenvalue weighted by molar-refractivity contribution is 6.02. The maximum absolute atomic E-state index is 16.9. The van der Waals surface area contributed by atoms with Gasteiger partial charge in [-0.05, 0) is 69.5 Å². The van der Waals surface area contributed by atoms with Crippen LogP contribution in [0.3, 0.4) is 0 Å². The molecule has 3 fully saturated rings. The van der Waals surface area contributed by atoms with E-state index in [-0.39, 0.29) is 34.4 Å². The second-order valence-electron chi connectivity index (χ2n) is 12.3. The van der Waals surface area contributed by atoms with Crippen LogP contribution in [0.25, 0.3) is 32.9 Å². The van der Waals surface area contributed by atoms with Crippen molar-refractivity contribution in [3.8, 4) is 29.6 Å². The number of nitrogens with zero attached hydrogens (tertiary/aromatic N) is 5. The molecule has 2 aromatic carbocycles. The van der Waals surface area contributed by atoms with E-state index < -0.39 is 11.6 Å². The first-order chi connectivity index (χ1) is 21.1. The van der Waals surface area contributed by atoms with Crippen LogP contribution in [0.15, 0.2) is 30.3 Å². The summed E-state index contributed by atoms with van der Waals surface area (Å²) in [6.45, 7) is 4.63. The van der Waals surface area contributed by atoms with Gasteiger partial charge >= 0.3 is 6.01 Å². The van der Waals surface area contributed by atoms with Gasteiger partial charge in [-0.25, -0.2) is 13.8 Å². The van der Waals surface area contributed by atoms with Crippen molar-refractivity contribution in [3.63, 3.8) is 0 Å². The highest BCUT2D eigenvalue weighted by Gasteiger charge is 2.45. The van der Waals surface area contributed by atoms with E-state index in [1.54, 1.807) is 12.1 Å². The third kappa shape index (κ3) is 4.26. The lowest BCUT2D eigenvalue weighted by molar-refractivity contribution is 0.108. The Labute approximate surface area is 249 Å². The van der Waals surface area contributed by atoms with Crippen LogP contribution in [0.1, 0.15) is 49.8 Å². The molecule has 43 heavy (non-hydrogen) atoms. The molecule has 0 radical (unpaired) electrons. The predicted octanol–water partition coefficient (Wildman–Crippen LogP) is 5.65. The Morgan fingerprint density at radius 1 is 1.02 bits per heavy atom. The molecule has 3 saturated heterocycles. The molecular formula is C34H33F2N5O2. The first kappa shape index (κ1) is 26.7. The molecule has 2 aromatic heterocycles. The minimum atomic E-state index is -0.585. The zero-order valence-corrected chi connectivity index (χ0v) is 24.0. The number of pyridine rings is 1. The molecule has 7 nitrogen and oxygen atoms in total. The zero-order valence-electron chi connectivity index (χ0n) is 24.0. The molecule has 0 aliphatic carbocycles. The Bertz CT molecular complexity index is 1790. The molecule has 0 N–H and O–H groups in total. The highest BCUT2D eigenvalue weighted by Crippen LogP contribution is 2.42. The third-order valence-electron chi connectivity index (χ3n) is 9.92. The van der Waals surface area contributed by atoms with Crippen LogP contribution in [0, 0.1) is 24.0 Å². The number of benzene rings is 2. The summed E-state index contributed by atoms with van der Waals surface area (Å²) in [6.07, 6.45) is 12.5. The van der Waals surface area contributed by atoms with E-state index in [4.69, 9.17) is 30.8 Å². The van der Waals surface area contributed by atoms with Crippen molar-refractivity contribution in [3.05, 3.63) is 53.2 Å². The van der Waals surface area contributed by atoms with Crippen LogP contribution in [-0.2, 0) is 11.2 Å². The number of hydrogen-bond acceptors (Lipinski definition) is 7. The van der Waals surface area contributed by atoms with E-state index in [0.717, 1.165) is 58.2 Å². The van der Waals surface area contributed by atoms with Gasteiger partial charge in [0.15, 0.2) is 5.82 Å². The summed E-state index contributed by atoms with van der Waals surface area (Å²) in [6, 6.07) is 8.66. The average molecular weight is 582 g/mol. The molecule has 0 bridgehead atoms. The molecule has 220 valence electrons. The molecule has 6 heterocycles. The summed E-state index contributed by atoms with van der Waals surface area (Å²) in [7, 11) is 0. The Morgan fingerprint density at radius 2 is 1.88 bits per heavy atom. The van der Waals surface area contributed by atoms with Gasteiger partial charge in [0.2, 0.25) is 0 Å². The third-order valence-corrected chi connectivity index (χ3v) is 9.92. The van der Waals surface area contributed by atoms with Crippen molar-refractivity contribution >= 4 is 27.5 Å². The first-order valence-electron chi connectivity index (χ1n) is 15.4. The molecule has 0 saturated carbocycles. The van der Waals surface area contributed by atoms with E-state index in [1.807, 2.05) is 12.1 Å². The molecule has 8 rings (SSSR count). The van der Waals surface area contributed by atoms with Crippen LogP contribution in [-0.4, -0.2) is 70.9 Å². The lowest BCUT2D eigenvalue weighted by atomic mass is 9.95. The summed E-state index contributed by atoms with van der Waals surface area (Å²) in [5, 5.41) is 1.79. The molecule has 4 aliphatic rings. The van der Waals surface area contributed by atoms with E-state index in [9.17, 15) is 4.39 Å². The van der Waals surface area contributed by atoms with Crippen LogP contribution in [0.4, 0.5) is 14.6 Å². The summed E-state index contributed by atoms with van der Waals surface area (Å²) >= 11 is 0. The fourth-order valence-corrected chi connectivity index (χ4v) is 7.84. The fourth-order valence-electron chi connectivity index (χ4n) is 7.84. The minimum absolute atomic E-state index is 0.00280.